The fourth-order valence-corrected chi connectivity index (χ4v) is 2.68. The summed E-state index contributed by atoms with van der Waals surface area (Å²) >= 11 is 0. The molecular formula is C20H19N3O2. The van der Waals surface area contributed by atoms with Gasteiger partial charge in [-0.25, -0.2) is 0 Å². The van der Waals surface area contributed by atoms with Gasteiger partial charge in [0.2, 0.25) is 0 Å². The minimum absolute atomic E-state index is 0.206. The highest BCUT2D eigenvalue weighted by molar-refractivity contribution is 5.98. The molecule has 0 bridgehead atoms. The largest absolute Gasteiger partial charge is 0.456 e. The minimum atomic E-state index is -0.550. The van der Waals surface area contributed by atoms with Gasteiger partial charge >= 0.3 is 0 Å². The Kier molecular flexibility index (Phi) is 4.75. The zero-order valence-electron chi connectivity index (χ0n) is 14.1. The molecule has 0 saturated carbocycles. The maximum Gasteiger partial charge on any atom is 0.252 e. The van der Waals surface area contributed by atoms with Gasteiger partial charge < -0.3 is 10.5 Å². The molecule has 25 heavy (non-hydrogen) atoms. The van der Waals surface area contributed by atoms with Crippen LogP contribution in [0.4, 0.5) is 0 Å². The average Bonchev–Trinajstić information content (AvgIpc) is 2.62. The van der Waals surface area contributed by atoms with Gasteiger partial charge in [0, 0.05) is 11.8 Å². The molecular weight excluding hydrogens is 314 g/mol. The van der Waals surface area contributed by atoms with Crippen molar-refractivity contribution in [3.63, 3.8) is 0 Å². The van der Waals surface area contributed by atoms with Crippen molar-refractivity contribution in [2.75, 3.05) is 0 Å². The molecule has 0 unspecified atom stereocenters. The number of hydrogen-bond acceptors (Lipinski definition) is 4. The molecule has 0 saturated heterocycles. The molecule has 5 heteroatoms. The van der Waals surface area contributed by atoms with Gasteiger partial charge in [0.25, 0.3) is 5.91 Å². The molecule has 126 valence electrons. The van der Waals surface area contributed by atoms with Gasteiger partial charge in [-0.2, -0.15) is 10.2 Å². The van der Waals surface area contributed by atoms with Crippen LogP contribution in [0.2, 0.25) is 0 Å². The second-order valence-corrected chi connectivity index (χ2v) is 5.95. The van der Waals surface area contributed by atoms with Gasteiger partial charge in [0.1, 0.15) is 11.5 Å². The fraction of sp³-hybridized carbons (Fsp3) is 0.150. The summed E-state index contributed by atoms with van der Waals surface area (Å²) in [6.07, 6.45) is 1.61. The highest BCUT2D eigenvalue weighted by atomic mass is 16.5. The average molecular weight is 333 g/mol. The van der Waals surface area contributed by atoms with Crippen LogP contribution in [0.15, 0.2) is 60.8 Å². The summed E-state index contributed by atoms with van der Waals surface area (Å²) in [7, 11) is 0. The first kappa shape index (κ1) is 16.6. The zero-order chi connectivity index (χ0) is 17.8. The molecule has 1 amide bonds. The number of benzene rings is 2. The number of nitrogens with zero attached hydrogens (tertiary/aromatic N) is 2. The Hall–Kier alpha value is -3.21. The number of amides is 1. The molecule has 0 aliphatic heterocycles. The van der Waals surface area contributed by atoms with E-state index >= 15 is 0 Å². The number of carbonyl (C=O) groups excluding carboxylic acids is 1. The number of primary amides is 1. The maximum absolute atomic E-state index is 12.0. The van der Waals surface area contributed by atoms with E-state index in [1.807, 2.05) is 42.5 Å². The van der Waals surface area contributed by atoms with Crippen LogP contribution in [0, 0.1) is 0 Å². The Morgan fingerprint density at radius 3 is 2.40 bits per heavy atom. The standard InChI is InChI=1S/C20H19N3O2/c1-13(2)15-10-11-16(20(21)24)19(25-14-7-4-3-5-8-14)18(15)17-9-6-12-22-23-17/h3-13H,1-2H3,(H2,21,24). The van der Waals surface area contributed by atoms with Crippen LogP contribution in [0.3, 0.4) is 0 Å². The predicted molar refractivity (Wildman–Crippen MR) is 96.6 cm³/mol. The Labute approximate surface area is 146 Å². The Morgan fingerprint density at radius 2 is 1.80 bits per heavy atom. The third kappa shape index (κ3) is 3.50. The van der Waals surface area contributed by atoms with E-state index in [4.69, 9.17) is 10.5 Å². The highest BCUT2D eigenvalue weighted by Gasteiger charge is 2.22. The number of ether oxygens (including phenoxy) is 1. The van der Waals surface area contributed by atoms with Crippen molar-refractivity contribution in [3.05, 3.63) is 71.9 Å². The lowest BCUT2D eigenvalue weighted by Crippen LogP contribution is -2.14. The summed E-state index contributed by atoms with van der Waals surface area (Å²) in [4.78, 5) is 12.0. The number of aromatic nitrogens is 2. The van der Waals surface area contributed by atoms with Crippen LogP contribution >= 0.6 is 0 Å². The minimum Gasteiger partial charge on any atom is -0.456 e. The van der Waals surface area contributed by atoms with Crippen molar-refractivity contribution >= 4 is 5.91 Å². The van der Waals surface area contributed by atoms with E-state index in [-0.39, 0.29) is 5.92 Å². The summed E-state index contributed by atoms with van der Waals surface area (Å²) < 4.78 is 6.08. The van der Waals surface area contributed by atoms with Gasteiger partial charge in [-0.3, -0.25) is 4.79 Å². The van der Waals surface area contributed by atoms with E-state index in [0.717, 1.165) is 11.1 Å². The van der Waals surface area contributed by atoms with Gasteiger partial charge in [-0.15, -0.1) is 0 Å². The molecule has 5 nitrogen and oxygen atoms in total. The van der Waals surface area contributed by atoms with Crippen LogP contribution < -0.4 is 10.5 Å². The Morgan fingerprint density at radius 1 is 1.04 bits per heavy atom. The lowest BCUT2D eigenvalue weighted by atomic mass is 9.92. The third-order valence-electron chi connectivity index (χ3n) is 3.87. The Bertz CT molecular complexity index is 878. The van der Waals surface area contributed by atoms with Crippen molar-refractivity contribution in [2.45, 2.75) is 19.8 Å². The lowest BCUT2D eigenvalue weighted by molar-refractivity contribution is 0.0998. The van der Waals surface area contributed by atoms with E-state index in [0.29, 0.717) is 22.8 Å². The van der Waals surface area contributed by atoms with E-state index in [1.54, 1.807) is 18.3 Å². The number of rotatable bonds is 5. The first-order valence-electron chi connectivity index (χ1n) is 8.05. The number of hydrogen-bond donors (Lipinski definition) is 1. The van der Waals surface area contributed by atoms with Gasteiger partial charge in [-0.05, 0) is 41.8 Å². The first-order chi connectivity index (χ1) is 12.1. The fourth-order valence-electron chi connectivity index (χ4n) is 2.68. The summed E-state index contributed by atoms with van der Waals surface area (Å²) in [6.45, 7) is 4.15. The van der Waals surface area contributed by atoms with E-state index in [1.165, 1.54) is 0 Å². The molecule has 0 fully saturated rings. The summed E-state index contributed by atoms with van der Waals surface area (Å²) in [5.41, 5.74) is 8.29. The van der Waals surface area contributed by atoms with Crippen molar-refractivity contribution in [2.24, 2.45) is 5.73 Å². The normalized spacial score (nSPS) is 10.7. The van der Waals surface area contributed by atoms with Crippen LogP contribution in [-0.2, 0) is 0 Å². The second kappa shape index (κ2) is 7.13. The van der Waals surface area contributed by atoms with Gasteiger partial charge in [0.05, 0.1) is 11.3 Å². The third-order valence-corrected chi connectivity index (χ3v) is 3.87. The molecule has 1 aromatic heterocycles. The molecule has 0 atom stereocenters. The maximum atomic E-state index is 12.0. The molecule has 0 radical (unpaired) electrons. The molecule has 2 aromatic carbocycles. The SMILES string of the molecule is CC(C)c1ccc(C(N)=O)c(Oc2ccccc2)c1-c1cccnn1. The predicted octanol–water partition coefficient (Wildman–Crippen LogP) is 4.16. The number of nitrogens with two attached hydrogens (primary N) is 1. The topological polar surface area (TPSA) is 78.1 Å². The van der Waals surface area contributed by atoms with E-state index in [2.05, 4.69) is 24.0 Å². The molecule has 2 N–H and O–H groups in total. The summed E-state index contributed by atoms with van der Waals surface area (Å²) in [6, 6.07) is 16.5. The van der Waals surface area contributed by atoms with E-state index in [9.17, 15) is 4.79 Å². The summed E-state index contributed by atoms with van der Waals surface area (Å²) in [5, 5.41) is 8.18. The molecule has 0 aliphatic rings. The monoisotopic (exact) mass is 333 g/mol. The zero-order valence-corrected chi connectivity index (χ0v) is 14.1. The van der Waals surface area contributed by atoms with Crippen molar-refractivity contribution in [1.82, 2.24) is 10.2 Å². The molecule has 1 heterocycles. The lowest BCUT2D eigenvalue weighted by Gasteiger charge is -2.19. The molecule has 0 aliphatic carbocycles. The second-order valence-electron chi connectivity index (χ2n) is 5.95. The molecule has 3 rings (SSSR count). The van der Waals surface area contributed by atoms with Crippen LogP contribution in [0.25, 0.3) is 11.3 Å². The van der Waals surface area contributed by atoms with Crippen molar-refractivity contribution in [3.8, 4) is 22.8 Å². The van der Waals surface area contributed by atoms with Gasteiger partial charge in [0.15, 0.2) is 0 Å². The van der Waals surface area contributed by atoms with Crippen molar-refractivity contribution < 1.29 is 9.53 Å². The quantitative estimate of drug-likeness (QED) is 0.760. The molecule has 0 spiro atoms. The smallest absolute Gasteiger partial charge is 0.252 e. The van der Waals surface area contributed by atoms with Gasteiger partial charge in [-0.1, -0.05) is 38.1 Å². The number of para-hydroxylation sites is 1. The molecule has 3 aromatic rings. The number of carbonyl (C=O) groups is 1. The first-order valence-corrected chi connectivity index (χ1v) is 8.05. The highest BCUT2D eigenvalue weighted by Crippen LogP contribution is 2.40. The van der Waals surface area contributed by atoms with Crippen LogP contribution in [-0.4, -0.2) is 16.1 Å². The van der Waals surface area contributed by atoms with E-state index < -0.39 is 5.91 Å². The van der Waals surface area contributed by atoms with Crippen molar-refractivity contribution in [1.29, 1.82) is 0 Å². The van der Waals surface area contributed by atoms with Crippen LogP contribution in [0.5, 0.6) is 11.5 Å². The van der Waals surface area contributed by atoms with Crippen LogP contribution in [0.1, 0.15) is 35.7 Å². The Balaban J connectivity index is 2.28. The summed E-state index contributed by atoms with van der Waals surface area (Å²) in [5.74, 6) is 0.685.